The molecule has 0 bridgehead atoms. The normalized spacial score (nSPS) is 16.6. The molecule has 1 unspecified atom stereocenters. The van der Waals surface area contributed by atoms with Gasteiger partial charge in [-0.2, -0.15) is 9.40 Å². The van der Waals surface area contributed by atoms with Crippen molar-refractivity contribution < 1.29 is 13.2 Å². The maximum Gasteiger partial charge on any atom is 0.243 e. The Bertz CT molecular complexity index is 1160. The minimum atomic E-state index is -3.59. The Labute approximate surface area is 192 Å². The fourth-order valence-corrected chi connectivity index (χ4v) is 5.38. The van der Waals surface area contributed by atoms with Crippen LogP contribution in [0.2, 0.25) is 5.02 Å². The Kier molecular flexibility index (Phi) is 6.59. The highest BCUT2D eigenvalue weighted by Crippen LogP contribution is 2.25. The molecule has 1 fully saturated rings. The highest BCUT2D eigenvalue weighted by molar-refractivity contribution is 7.89. The minimum absolute atomic E-state index is 0.0543. The number of carbonyl (C=O) groups excluding carboxylic acids is 1. The van der Waals surface area contributed by atoms with Crippen molar-refractivity contribution in [2.24, 2.45) is 5.92 Å². The van der Waals surface area contributed by atoms with Gasteiger partial charge >= 0.3 is 0 Å². The van der Waals surface area contributed by atoms with Crippen LogP contribution < -0.4 is 5.32 Å². The lowest BCUT2D eigenvalue weighted by atomic mass is 9.96. The number of hydrogen-bond acceptors (Lipinski definition) is 5. The molecule has 0 aliphatic carbocycles. The Morgan fingerprint density at radius 2 is 1.75 bits per heavy atom. The molecule has 1 saturated heterocycles. The predicted octanol–water partition coefficient (Wildman–Crippen LogP) is 3.20. The van der Waals surface area contributed by atoms with Crippen LogP contribution in [0.1, 0.15) is 31.4 Å². The van der Waals surface area contributed by atoms with Crippen LogP contribution in [0.5, 0.6) is 0 Å². The van der Waals surface area contributed by atoms with Gasteiger partial charge in [-0.3, -0.25) is 4.79 Å². The highest BCUT2D eigenvalue weighted by atomic mass is 35.5. The average molecular weight is 474 g/mol. The van der Waals surface area contributed by atoms with Crippen molar-refractivity contribution >= 4 is 27.5 Å². The molecule has 1 aliphatic rings. The number of amides is 1. The topological polar surface area (TPSA) is 97.2 Å². The van der Waals surface area contributed by atoms with E-state index in [1.807, 2.05) is 31.2 Å². The van der Waals surface area contributed by atoms with E-state index >= 15 is 0 Å². The summed E-state index contributed by atoms with van der Waals surface area (Å²) < 4.78 is 28.7. The molecule has 10 heteroatoms. The summed E-state index contributed by atoms with van der Waals surface area (Å²) in [5.41, 5.74) is 1.86. The molecule has 1 atom stereocenters. The average Bonchev–Trinajstić information content (AvgIpc) is 3.34. The van der Waals surface area contributed by atoms with Crippen LogP contribution in [0, 0.1) is 5.92 Å². The van der Waals surface area contributed by atoms with E-state index in [9.17, 15) is 13.2 Å². The third kappa shape index (κ3) is 4.85. The quantitative estimate of drug-likeness (QED) is 0.593. The highest BCUT2D eigenvalue weighted by Gasteiger charge is 2.32. The molecule has 4 rings (SSSR count). The first kappa shape index (κ1) is 22.4. The zero-order valence-electron chi connectivity index (χ0n) is 17.6. The molecular formula is C22H24ClN5O3S. The Morgan fingerprint density at radius 3 is 2.34 bits per heavy atom. The van der Waals surface area contributed by atoms with Gasteiger partial charge in [-0.25, -0.2) is 18.1 Å². The van der Waals surface area contributed by atoms with Crippen LogP contribution in [0.3, 0.4) is 0 Å². The predicted molar refractivity (Wildman–Crippen MR) is 121 cm³/mol. The summed E-state index contributed by atoms with van der Waals surface area (Å²) in [6.07, 6.45) is 4.07. The second kappa shape index (κ2) is 9.40. The van der Waals surface area contributed by atoms with Gasteiger partial charge < -0.3 is 5.32 Å². The minimum Gasteiger partial charge on any atom is -0.349 e. The van der Waals surface area contributed by atoms with E-state index < -0.39 is 10.0 Å². The van der Waals surface area contributed by atoms with Crippen molar-refractivity contribution in [3.8, 4) is 5.69 Å². The molecule has 1 N–H and O–H groups in total. The molecule has 32 heavy (non-hydrogen) atoms. The van der Waals surface area contributed by atoms with E-state index in [4.69, 9.17) is 11.6 Å². The van der Waals surface area contributed by atoms with E-state index in [2.05, 4.69) is 15.4 Å². The molecule has 1 amide bonds. The number of hydrogen-bond donors (Lipinski definition) is 1. The van der Waals surface area contributed by atoms with Gasteiger partial charge in [0, 0.05) is 24.0 Å². The second-order valence-corrected chi connectivity index (χ2v) is 10.2. The van der Waals surface area contributed by atoms with Crippen LogP contribution in [-0.2, 0) is 14.8 Å². The van der Waals surface area contributed by atoms with Crippen molar-refractivity contribution in [1.29, 1.82) is 0 Å². The first-order chi connectivity index (χ1) is 15.3. The number of aromatic nitrogens is 3. The molecule has 2 heterocycles. The SMILES string of the molecule is CC(NC(=O)C1CCN(S(=O)(=O)c2ccc(Cl)cc2)CC1)c1ccc(-n2cncn2)cc1. The van der Waals surface area contributed by atoms with Crippen molar-refractivity contribution in [2.45, 2.75) is 30.7 Å². The number of nitrogens with one attached hydrogen (secondary N) is 1. The lowest BCUT2D eigenvalue weighted by Gasteiger charge is -2.31. The van der Waals surface area contributed by atoms with Crippen molar-refractivity contribution in [3.05, 3.63) is 71.8 Å². The molecule has 8 nitrogen and oxygen atoms in total. The Balaban J connectivity index is 1.33. The summed E-state index contributed by atoms with van der Waals surface area (Å²) in [7, 11) is -3.59. The first-order valence-corrected chi connectivity index (χ1v) is 12.2. The van der Waals surface area contributed by atoms with E-state index in [1.54, 1.807) is 23.1 Å². The van der Waals surface area contributed by atoms with Crippen LogP contribution >= 0.6 is 11.6 Å². The molecule has 3 aromatic rings. The number of nitrogens with zero attached hydrogens (tertiary/aromatic N) is 4. The summed E-state index contributed by atoms with van der Waals surface area (Å²) in [6, 6.07) is 13.7. The molecular weight excluding hydrogens is 450 g/mol. The van der Waals surface area contributed by atoms with E-state index in [0.29, 0.717) is 31.0 Å². The maximum absolute atomic E-state index is 12.8. The van der Waals surface area contributed by atoms with Crippen molar-refractivity contribution in [3.63, 3.8) is 0 Å². The van der Waals surface area contributed by atoms with Gasteiger partial charge in [0.2, 0.25) is 15.9 Å². The maximum atomic E-state index is 12.8. The van der Waals surface area contributed by atoms with Gasteiger partial charge in [0.1, 0.15) is 12.7 Å². The largest absolute Gasteiger partial charge is 0.349 e. The summed E-state index contributed by atoms with van der Waals surface area (Å²) in [5.74, 6) is -0.273. The number of halogens is 1. The summed E-state index contributed by atoms with van der Waals surface area (Å²) in [4.78, 5) is 16.9. The summed E-state index contributed by atoms with van der Waals surface area (Å²) in [5, 5.41) is 7.64. The molecule has 0 spiro atoms. The number of rotatable bonds is 6. The Hall–Kier alpha value is -2.75. The third-order valence-electron chi connectivity index (χ3n) is 5.71. The standard InChI is InChI=1S/C22H24ClN5O3S/c1-16(17-2-6-20(7-3-17)28-15-24-14-25-28)26-22(29)18-10-12-27(13-11-18)32(30,31)21-8-4-19(23)5-9-21/h2-9,14-16,18H,10-13H2,1H3,(H,26,29). The van der Waals surface area contributed by atoms with E-state index in [0.717, 1.165) is 11.3 Å². The van der Waals surface area contributed by atoms with Gasteiger partial charge in [-0.15, -0.1) is 0 Å². The zero-order chi connectivity index (χ0) is 22.7. The monoisotopic (exact) mass is 473 g/mol. The lowest BCUT2D eigenvalue weighted by Crippen LogP contribution is -2.43. The fraction of sp³-hybridized carbons (Fsp3) is 0.318. The molecule has 168 valence electrons. The third-order valence-corrected chi connectivity index (χ3v) is 7.88. The number of carbonyl (C=O) groups is 1. The van der Waals surface area contributed by atoms with Crippen molar-refractivity contribution in [2.75, 3.05) is 13.1 Å². The fourth-order valence-electron chi connectivity index (χ4n) is 3.79. The number of piperidine rings is 1. The van der Waals surface area contributed by atoms with Crippen LogP contribution in [0.15, 0.2) is 66.1 Å². The van der Waals surface area contributed by atoms with Gasteiger partial charge in [-0.05, 0) is 61.7 Å². The van der Waals surface area contributed by atoms with Gasteiger partial charge in [-0.1, -0.05) is 23.7 Å². The lowest BCUT2D eigenvalue weighted by molar-refractivity contribution is -0.126. The number of sulfonamides is 1. The van der Waals surface area contributed by atoms with Crippen molar-refractivity contribution in [1.82, 2.24) is 24.4 Å². The number of benzene rings is 2. The molecule has 1 aliphatic heterocycles. The molecule has 0 radical (unpaired) electrons. The van der Waals surface area contributed by atoms with Gasteiger partial charge in [0.25, 0.3) is 0 Å². The van der Waals surface area contributed by atoms with Gasteiger partial charge in [0.15, 0.2) is 0 Å². The first-order valence-electron chi connectivity index (χ1n) is 10.4. The summed E-state index contributed by atoms with van der Waals surface area (Å²) in [6.45, 7) is 2.55. The summed E-state index contributed by atoms with van der Waals surface area (Å²) >= 11 is 5.86. The smallest absolute Gasteiger partial charge is 0.243 e. The molecule has 1 aromatic heterocycles. The van der Waals surface area contributed by atoms with Crippen LogP contribution in [0.4, 0.5) is 0 Å². The van der Waals surface area contributed by atoms with E-state index in [1.165, 1.54) is 22.8 Å². The van der Waals surface area contributed by atoms with Gasteiger partial charge in [0.05, 0.1) is 16.6 Å². The zero-order valence-corrected chi connectivity index (χ0v) is 19.1. The van der Waals surface area contributed by atoms with Crippen LogP contribution in [-0.4, -0.2) is 46.5 Å². The molecule has 0 saturated carbocycles. The van der Waals surface area contributed by atoms with Crippen LogP contribution in [0.25, 0.3) is 5.69 Å². The second-order valence-electron chi connectivity index (χ2n) is 7.79. The Morgan fingerprint density at radius 1 is 1.09 bits per heavy atom. The molecule has 2 aromatic carbocycles. The van der Waals surface area contributed by atoms with E-state index in [-0.39, 0.29) is 22.8 Å².